The number of aryl methyl sites for hydroxylation is 1. The molecule has 0 atom stereocenters. The molecular formula is C22H23N3O. The summed E-state index contributed by atoms with van der Waals surface area (Å²) < 4.78 is 0. The second-order valence-electron chi connectivity index (χ2n) is 6.19. The highest BCUT2D eigenvalue weighted by Crippen LogP contribution is 2.38. The second kappa shape index (κ2) is 8.41. The first-order valence-corrected chi connectivity index (χ1v) is 8.78. The third kappa shape index (κ3) is 3.65. The number of benzene rings is 2. The van der Waals surface area contributed by atoms with Crippen molar-refractivity contribution < 1.29 is 4.79 Å². The Balaban J connectivity index is 2.23. The number of nitrogens with zero attached hydrogens (tertiary/aromatic N) is 1. The molecule has 0 aliphatic heterocycles. The van der Waals surface area contributed by atoms with Crippen molar-refractivity contribution in [3.05, 3.63) is 71.9 Å². The van der Waals surface area contributed by atoms with Crippen LogP contribution in [0.5, 0.6) is 0 Å². The normalized spacial score (nSPS) is 10.7. The summed E-state index contributed by atoms with van der Waals surface area (Å²) in [7, 11) is 1.95. The lowest BCUT2D eigenvalue weighted by Gasteiger charge is -2.17. The number of nitrogen functional groups attached to an aromatic ring is 1. The topological polar surface area (TPSA) is 68.0 Å². The van der Waals surface area contributed by atoms with Gasteiger partial charge in [-0.1, -0.05) is 42.5 Å². The number of pyridine rings is 1. The predicted molar refractivity (Wildman–Crippen MR) is 107 cm³/mol. The van der Waals surface area contributed by atoms with Crippen molar-refractivity contribution in [2.24, 2.45) is 0 Å². The van der Waals surface area contributed by atoms with Crippen molar-refractivity contribution in [1.29, 1.82) is 0 Å². The molecule has 1 heterocycles. The zero-order valence-corrected chi connectivity index (χ0v) is 14.9. The minimum Gasteiger partial charge on any atom is -0.397 e. The van der Waals surface area contributed by atoms with E-state index in [9.17, 15) is 4.79 Å². The summed E-state index contributed by atoms with van der Waals surface area (Å²) in [6.45, 7) is 0.937. The fourth-order valence-corrected chi connectivity index (χ4v) is 3.24. The monoisotopic (exact) mass is 345 g/mol. The van der Waals surface area contributed by atoms with E-state index in [0.717, 1.165) is 48.1 Å². The molecule has 0 spiro atoms. The molecule has 4 nitrogen and oxygen atoms in total. The zero-order chi connectivity index (χ0) is 18.4. The molecule has 0 aliphatic carbocycles. The quantitative estimate of drug-likeness (QED) is 0.502. The smallest absolute Gasteiger partial charge is 0.150 e. The molecular weight excluding hydrogens is 322 g/mol. The number of nitrogens with two attached hydrogens (primary N) is 1. The molecule has 0 unspecified atom stereocenters. The van der Waals surface area contributed by atoms with Gasteiger partial charge in [-0.15, -0.1) is 0 Å². The number of hydrogen-bond acceptors (Lipinski definition) is 4. The minimum atomic E-state index is 0.637. The molecule has 0 radical (unpaired) electrons. The summed E-state index contributed by atoms with van der Waals surface area (Å²) in [5.74, 6) is 0. The first kappa shape index (κ1) is 17.8. The molecule has 0 fully saturated rings. The van der Waals surface area contributed by atoms with E-state index in [4.69, 9.17) is 5.73 Å². The molecule has 132 valence electrons. The standard InChI is InChI=1S/C22H23N3O/c1-24-13-5-9-16-8-4-11-19(18-10-3-2-7-17(18)15-26)21(16)22-20(23)12-6-14-25-22/h2-4,6-8,10-12,14-15,24H,5,9,13,23H2,1H3. The van der Waals surface area contributed by atoms with Gasteiger partial charge >= 0.3 is 0 Å². The lowest BCUT2D eigenvalue weighted by Crippen LogP contribution is -2.09. The number of nitrogens with one attached hydrogen (secondary N) is 1. The van der Waals surface area contributed by atoms with Crippen LogP contribution in [0.1, 0.15) is 22.3 Å². The Morgan fingerprint density at radius 1 is 1.04 bits per heavy atom. The predicted octanol–water partition coefficient (Wildman–Crippen LogP) is 3.96. The molecule has 0 saturated heterocycles. The van der Waals surface area contributed by atoms with Gasteiger partial charge in [0.1, 0.15) is 0 Å². The van der Waals surface area contributed by atoms with Gasteiger partial charge in [0.25, 0.3) is 0 Å². The van der Waals surface area contributed by atoms with Gasteiger partial charge in [-0.25, -0.2) is 0 Å². The fourth-order valence-electron chi connectivity index (χ4n) is 3.24. The van der Waals surface area contributed by atoms with Gasteiger partial charge in [-0.05, 0) is 55.3 Å². The van der Waals surface area contributed by atoms with Crippen molar-refractivity contribution in [1.82, 2.24) is 10.3 Å². The van der Waals surface area contributed by atoms with E-state index in [1.54, 1.807) is 6.20 Å². The van der Waals surface area contributed by atoms with E-state index in [1.807, 2.05) is 55.6 Å². The first-order chi connectivity index (χ1) is 12.8. The van der Waals surface area contributed by atoms with Crippen LogP contribution >= 0.6 is 0 Å². The van der Waals surface area contributed by atoms with Crippen LogP contribution in [0.25, 0.3) is 22.4 Å². The van der Waals surface area contributed by atoms with Crippen LogP contribution in [0.2, 0.25) is 0 Å². The maximum atomic E-state index is 11.6. The Kier molecular flexibility index (Phi) is 5.77. The van der Waals surface area contributed by atoms with Crippen molar-refractivity contribution in [2.45, 2.75) is 12.8 Å². The van der Waals surface area contributed by atoms with Crippen LogP contribution in [0.15, 0.2) is 60.8 Å². The van der Waals surface area contributed by atoms with E-state index in [-0.39, 0.29) is 0 Å². The summed E-state index contributed by atoms with van der Waals surface area (Å²) in [6.07, 6.45) is 4.57. The Morgan fingerprint density at radius 3 is 2.62 bits per heavy atom. The Morgan fingerprint density at radius 2 is 1.85 bits per heavy atom. The first-order valence-electron chi connectivity index (χ1n) is 8.78. The average Bonchev–Trinajstić information content (AvgIpc) is 2.68. The summed E-state index contributed by atoms with van der Waals surface area (Å²) in [5.41, 5.74) is 12.4. The van der Waals surface area contributed by atoms with Crippen molar-refractivity contribution >= 4 is 12.0 Å². The molecule has 3 aromatic rings. The lowest BCUT2D eigenvalue weighted by atomic mass is 9.89. The van der Waals surface area contributed by atoms with E-state index < -0.39 is 0 Å². The van der Waals surface area contributed by atoms with Crippen LogP contribution in [0, 0.1) is 0 Å². The number of aldehydes is 1. The molecule has 26 heavy (non-hydrogen) atoms. The lowest BCUT2D eigenvalue weighted by molar-refractivity contribution is 0.112. The Hall–Kier alpha value is -2.98. The van der Waals surface area contributed by atoms with Crippen LogP contribution < -0.4 is 11.1 Å². The second-order valence-corrected chi connectivity index (χ2v) is 6.19. The third-order valence-corrected chi connectivity index (χ3v) is 4.48. The average molecular weight is 345 g/mol. The zero-order valence-electron chi connectivity index (χ0n) is 14.9. The molecule has 0 bridgehead atoms. The Labute approximate surface area is 154 Å². The maximum Gasteiger partial charge on any atom is 0.150 e. The van der Waals surface area contributed by atoms with E-state index >= 15 is 0 Å². The summed E-state index contributed by atoms with van der Waals surface area (Å²) in [6, 6.07) is 17.5. The summed E-state index contributed by atoms with van der Waals surface area (Å²) in [4.78, 5) is 16.1. The molecule has 2 aromatic carbocycles. The molecule has 3 N–H and O–H groups in total. The number of anilines is 1. The highest BCUT2D eigenvalue weighted by atomic mass is 16.1. The highest BCUT2D eigenvalue weighted by Gasteiger charge is 2.17. The summed E-state index contributed by atoms with van der Waals surface area (Å²) >= 11 is 0. The van der Waals surface area contributed by atoms with Gasteiger partial charge in [0, 0.05) is 17.3 Å². The highest BCUT2D eigenvalue weighted by molar-refractivity contribution is 5.95. The number of carbonyl (C=O) groups excluding carboxylic acids is 1. The van der Waals surface area contributed by atoms with Gasteiger partial charge in [-0.2, -0.15) is 0 Å². The van der Waals surface area contributed by atoms with Gasteiger partial charge in [0.2, 0.25) is 0 Å². The van der Waals surface area contributed by atoms with Crippen molar-refractivity contribution in [3.63, 3.8) is 0 Å². The third-order valence-electron chi connectivity index (χ3n) is 4.48. The van der Waals surface area contributed by atoms with Crippen LogP contribution in [-0.4, -0.2) is 24.9 Å². The number of rotatable bonds is 7. The van der Waals surface area contributed by atoms with Gasteiger partial charge in [0.15, 0.2) is 6.29 Å². The van der Waals surface area contributed by atoms with E-state index in [1.165, 1.54) is 5.56 Å². The van der Waals surface area contributed by atoms with Crippen LogP contribution in [-0.2, 0) is 6.42 Å². The van der Waals surface area contributed by atoms with Crippen molar-refractivity contribution in [3.8, 4) is 22.4 Å². The van der Waals surface area contributed by atoms with Crippen LogP contribution in [0.3, 0.4) is 0 Å². The number of hydrogen-bond donors (Lipinski definition) is 2. The largest absolute Gasteiger partial charge is 0.397 e. The van der Waals surface area contributed by atoms with E-state index in [0.29, 0.717) is 11.3 Å². The van der Waals surface area contributed by atoms with E-state index in [2.05, 4.69) is 16.4 Å². The molecule has 0 aliphatic rings. The molecule has 4 heteroatoms. The van der Waals surface area contributed by atoms with Gasteiger partial charge in [-0.3, -0.25) is 9.78 Å². The van der Waals surface area contributed by atoms with Gasteiger partial charge in [0.05, 0.1) is 11.4 Å². The SMILES string of the molecule is CNCCCc1cccc(-c2ccccc2C=O)c1-c1ncccc1N. The van der Waals surface area contributed by atoms with Crippen molar-refractivity contribution in [2.75, 3.05) is 19.3 Å². The Bertz CT molecular complexity index is 905. The fraction of sp³-hybridized carbons (Fsp3) is 0.182. The van der Waals surface area contributed by atoms with Crippen LogP contribution in [0.4, 0.5) is 5.69 Å². The van der Waals surface area contributed by atoms with Gasteiger partial charge < -0.3 is 11.1 Å². The molecule has 3 rings (SSSR count). The summed E-state index contributed by atoms with van der Waals surface area (Å²) in [5, 5.41) is 3.19. The minimum absolute atomic E-state index is 0.637. The maximum absolute atomic E-state index is 11.6. The molecule has 0 amide bonds. The number of aromatic nitrogens is 1. The number of carbonyl (C=O) groups is 1. The molecule has 0 saturated carbocycles. The molecule has 1 aromatic heterocycles.